The fourth-order valence-corrected chi connectivity index (χ4v) is 9.21. The van der Waals surface area contributed by atoms with Crippen molar-refractivity contribution < 1.29 is 10.2 Å². The van der Waals surface area contributed by atoms with Crippen LogP contribution < -0.4 is 0 Å². The lowest BCUT2D eigenvalue weighted by Gasteiger charge is -2.58. The molecule has 0 unspecified atom stereocenters. The molecule has 0 amide bonds. The minimum Gasteiger partial charge on any atom is -0.393 e. The highest BCUT2D eigenvalue weighted by molar-refractivity contribution is 14.1. The number of allylic oxidation sites excluding steroid dienone is 1. The van der Waals surface area contributed by atoms with Crippen LogP contribution in [0.2, 0.25) is 0 Å². The average molecular weight is 529 g/mol. The first-order chi connectivity index (χ1) is 14.2. The number of alkyl halides is 1. The number of aliphatic hydroxyl groups is 2. The molecule has 4 rings (SSSR count). The molecule has 0 saturated heterocycles. The molecule has 0 bridgehead atoms. The first-order valence-corrected chi connectivity index (χ1v) is 14.3. The summed E-state index contributed by atoms with van der Waals surface area (Å²) in [7, 11) is 0. The fourth-order valence-electron chi connectivity index (χ4n) is 8.77. The highest BCUT2D eigenvalue weighted by Gasteiger charge is 2.61. The molecule has 3 saturated carbocycles. The number of hydrogen-bond acceptors (Lipinski definition) is 2. The zero-order chi connectivity index (χ0) is 21.7. The Labute approximate surface area is 198 Å². The van der Waals surface area contributed by atoms with Crippen molar-refractivity contribution >= 4 is 22.6 Å². The Bertz CT molecular complexity index is 647. The van der Waals surface area contributed by atoms with Gasteiger partial charge in [0.05, 0.1) is 12.2 Å². The van der Waals surface area contributed by atoms with Gasteiger partial charge in [-0.1, -0.05) is 74.8 Å². The second-order valence-corrected chi connectivity index (χ2v) is 13.1. The first kappa shape index (κ1) is 23.5. The molecule has 0 aromatic heterocycles. The topological polar surface area (TPSA) is 40.5 Å². The molecule has 0 radical (unpaired) electrons. The predicted octanol–water partition coefficient (Wildman–Crippen LogP) is 6.77. The average Bonchev–Trinajstić information content (AvgIpc) is 2.98. The fraction of sp³-hybridized carbons (Fsp3) is 0.926. The monoisotopic (exact) mass is 528 g/mol. The van der Waals surface area contributed by atoms with Gasteiger partial charge >= 0.3 is 0 Å². The SMILES string of the molecule is C[C@@H](CI)CCC[C@@H](C)[C@H]1[C@@H](O)C[C@H]2[C@@H]3CC=C4C[C@@H](O)CC[C@]4(C)[C@H]3CC[C@]12C. The molecule has 4 aliphatic rings. The van der Waals surface area contributed by atoms with Crippen molar-refractivity contribution in [1.29, 1.82) is 0 Å². The zero-order valence-electron chi connectivity index (χ0n) is 19.7. The van der Waals surface area contributed by atoms with Crippen LogP contribution in [0.5, 0.6) is 0 Å². The van der Waals surface area contributed by atoms with Crippen molar-refractivity contribution in [3.05, 3.63) is 11.6 Å². The van der Waals surface area contributed by atoms with Crippen LogP contribution in [0.3, 0.4) is 0 Å². The quantitative estimate of drug-likeness (QED) is 0.227. The Kier molecular flexibility index (Phi) is 7.04. The van der Waals surface area contributed by atoms with E-state index in [0.29, 0.717) is 28.6 Å². The molecule has 0 spiro atoms. The maximum atomic E-state index is 11.3. The smallest absolute Gasteiger partial charge is 0.0579 e. The van der Waals surface area contributed by atoms with Crippen LogP contribution in [0.1, 0.15) is 91.9 Å². The third-order valence-corrected chi connectivity index (χ3v) is 11.9. The van der Waals surface area contributed by atoms with Crippen LogP contribution in [-0.4, -0.2) is 26.8 Å². The lowest BCUT2D eigenvalue weighted by atomic mass is 9.47. The molecule has 0 aromatic carbocycles. The first-order valence-electron chi connectivity index (χ1n) is 12.8. The van der Waals surface area contributed by atoms with Crippen molar-refractivity contribution in [3.63, 3.8) is 0 Å². The number of rotatable bonds is 6. The van der Waals surface area contributed by atoms with E-state index >= 15 is 0 Å². The molecule has 3 heteroatoms. The third-order valence-electron chi connectivity index (χ3n) is 10.4. The summed E-state index contributed by atoms with van der Waals surface area (Å²) < 4.78 is 1.26. The Balaban J connectivity index is 1.50. The van der Waals surface area contributed by atoms with E-state index in [1.54, 1.807) is 5.57 Å². The maximum absolute atomic E-state index is 11.3. The second kappa shape index (κ2) is 8.97. The van der Waals surface area contributed by atoms with E-state index in [1.165, 1.54) is 43.0 Å². The molecule has 172 valence electrons. The number of halogens is 1. The van der Waals surface area contributed by atoms with E-state index in [1.807, 2.05) is 0 Å². The maximum Gasteiger partial charge on any atom is 0.0579 e. The Morgan fingerprint density at radius 1 is 1.10 bits per heavy atom. The van der Waals surface area contributed by atoms with Crippen molar-refractivity contribution in [1.82, 2.24) is 0 Å². The third kappa shape index (κ3) is 3.95. The molecule has 10 atom stereocenters. The van der Waals surface area contributed by atoms with Gasteiger partial charge in [0.15, 0.2) is 0 Å². The van der Waals surface area contributed by atoms with Crippen LogP contribution in [0.15, 0.2) is 11.6 Å². The van der Waals surface area contributed by atoms with Crippen LogP contribution in [-0.2, 0) is 0 Å². The van der Waals surface area contributed by atoms with Gasteiger partial charge in [0.1, 0.15) is 0 Å². The Morgan fingerprint density at radius 2 is 1.87 bits per heavy atom. The summed E-state index contributed by atoms with van der Waals surface area (Å²) in [6.07, 6.45) is 14.1. The minimum atomic E-state index is -0.122. The van der Waals surface area contributed by atoms with Gasteiger partial charge in [-0.2, -0.15) is 0 Å². The van der Waals surface area contributed by atoms with E-state index in [0.717, 1.165) is 43.4 Å². The van der Waals surface area contributed by atoms with Crippen LogP contribution >= 0.6 is 22.6 Å². The molecular formula is C27H45IO2. The summed E-state index contributed by atoms with van der Waals surface area (Å²) >= 11 is 2.51. The van der Waals surface area contributed by atoms with E-state index < -0.39 is 0 Å². The van der Waals surface area contributed by atoms with E-state index in [9.17, 15) is 10.2 Å². The van der Waals surface area contributed by atoms with E-state index in [4.69, 9.17) is 0 Å². The van der Waals surface area contributed by atoms with Gasteiger partial charge < -0.3 is 10.2 Å². The number of aliphatic hydroxyl groups excluding tert-OH is 2. The number of hydrogen-bond donors (Lipinski definition) is 2. The Morgan fingerprint density at radius 3 is 2.60 bits per heavy atom. The molecular weight excluding hydrogens is 483 g/mol. The molecule has 3 fully saturated rings. The molecule has 30 heavy (non-hydrogen) atoms. The van der Waals surface area contributed by atoms with E-state index in [-0.39, 0.29) is 12.2 Å². The normalized spacial score (nSPS) is 47.6. The standard InChI is InChI=1S/C27H45IO2/c1-17(16-28)6-5-7-18(2)25-24(30)15-23-21-9-8-19-14-20(29)10-12-26(19,3)22(21)11-13-27(23,25)4/h8,17-18,20-25,29-30H,5-7,9-16H2,1-4H3/t17-,18-,20+,21-,22+,23+,24+,25+,26+,27+/m1/s1. The molecule has 0 aliphatic heterocycles. The summed E-state index contributed by atoms with van der Waals surface area (Å²) in [6.45, 7) is 9.86. The Hall–Kier alpha value is 0.390. The summed E-state index contributed by atoms with van der Waals surface area (Å²) in [5.41, 5.74) is 2.16. The van der Waals surface area contributed by atoms with Crippen LogP contribution in [0, 0.1) is 46.3 Å². The molecule has 0 aromatic rings. The van der Waals surface area contributed by atoms with Gasteiger partial charge in [-0.15, -0.1) is 0 Å². The van der Waals surface area contributed by atoms with Crippen LogP contribution in [0.4, 0.5) is 0 Å². The molecule has 2 nitrogen and oxygen atoms in total. The zero-order valence-corrected chi connectivity index (χ0v) is 21.9. The van der Waals surface area contributed by atoms with Gasteiger partial charge in [-0.3, -0.25) is 0 Å². The second-order valence-electron chi connectivity index (χ2n) is 12.2. The van der Waals surface area contributed by atoms with Crippen molar-refractivity contribution in [2.75, 3.05) is 4.43 Å². The van der Waals surface area contributed by atoms with E-state index in [2.05, 4.69) is 56.4 Å². The van der Waals surface area contributed by atoms with Gasteiger partial charge in [-0.25, -0.2) is 0 Å². The predicted molar refractivity (Wildman–Crippen MR) is 134 cm³/mol. The van der Waals surface area contributed by atoms with Gasteiger partial charge in [0, 0.05) is 4.43 Å². The molecule has 0 heterocycles. The highest BCUT2D eigenvalue weighted by Crippen LogP contribution is 2.67. The van der Waals surface area contributed by atoms with Gasteiger partial charge in [-0.05, 0) is 97.7 Å². The van der Waals surface area contributed by atoms with Gasteiger partial charge in [0.25, 0.3) is 0 Å². The molecule has 4 aliphatic carbocycles. The summed E-state index contributed by atoms with van der Waals surface area (Å²) in [5.74, 6) is 4.09. The lowest BCUT2D eigenvalue weighted by Crippen LogP contribution is -2.51. The lowest BCUT2D eigenvalue weighted by molar-refractivity contribution is -0.0620. The van der Waals surface area contributed by atoms with Crippen molar-refractivity contribution in [2.24, 2.45) is 46.3 Å². The number of fused-ring (bicyclic) bond motifs is 5. The largest absolute Gasteiger partial charge is 0.393 e. The molecule has 2 N–H and O–H groups in total. The van der Waals surface area contributed by atoms with Crippen LogP contribution in [0.25, 0.3) is 0 Å². The summed E-state index contributed by atoms with van der Waals surface area (Å²) in [6, 6.07) is 0. The van der Waals surface area contributed by atoms with Gasteiger partial charge in [0.2, 0.25) is 0 Å². The summed E-state index contributed by atoms with van der Waals surface area (Å²) in [5, 5.41) is 21.5. The summed E-state index contributed by atoms with van der Waals surface area (Å²) in [4.78, 5) is 0. The van der Waals surface area contributed by atoms with Crippen molar-refractivity contribution in [2.45, 2.75) is 104 Å². The van der Waals surface area contributed by atoms with Crippen molar-refractivity contribution in [3.8, 4) is 0 Å². The highest BCUT2D eigenvalue weighted by atomic mass is 127. The minimum absolute atomic E-state index is 0.109.